The Balaban J connectivity index is 3.56. The van der Waals surface area contributed by atoms with Crippen molar-refractivity contribution in [2.24, 2.45) is 11.5 Å². The summed E-state index contributed by atoms with van der Waals surface area (Å²) in [6.07, 6.45) is 2.00. The number of hydrogen-bond acceptors (Lipinski definition) is 4. The molecule has 10 heavy (non-hydrogen) atoms. The Morgan fingerprint density at radius 2 is 2.30 bits per heavy atom. The summed E-state index contributed by atoms with van der Waals surface area (Å²) in [6, 6.07) is 0. The maximum atomic E-state index is 10.5. The van der Waals surface area contributed by atoms with E-state index in [4.69, 9.17) is 11.5 Å². The molecule has 0 aromatic rings. The van der Waals surface area contributed by atoms with Gasteiger partial charge in [0.1, 0.15) is 0 Å². The van der Waals surface area contributed by atoms with E-state index < -0.39 is 12.1 Å². The number of carbonyl (C=O) groups excluding carboxylic acids is 1. The van der Waals surface area contributed by atoms with Crippen LogP contribution in [0, 0.1) is 0 Å². The topological polar surface area (TPSA) is 78.3 Å². The highest BCUT2D eigenvalue weighted by Crippen LogP contribution is 1.80. The van der Waals surface area contributed by atoms with Crippen LogP contribution in [0.4, 0.5) is 0 Å². The number of hydrogen-bond donors (Lipinski definition) is 2. The van der Waals surface area contributed by atoms with Gasteiger partial charge in [-0.15, -0.1) is 0 Å². The van der Waals surface area contributed by atoms with E-state index in [-0.39, 0.29) is 0 Å². The van der Waals surface area contributed by atoms with Crippen LogP contribution in [0.25, 0.3) is 0 Å². The van der Waals surface area contributed by atoms with Gasteiger partial charge in [-0.1, -0.05) is 0 Å². The van der Waals surface area contributed by atoms with Gasteiger partial charge in [0, 0.05) is 6.08 Å². The van der Waals surface area contributed by atoms with Crippen LogP contribution in [-0.2, 0) is 9.53 Å². The fourth-order valence-electron chi connectivity index (χ4n) is 0.380. The molecule has 0 saturated carbocycles. The molecule has 0 fully saturated rings. The fraction of sp³-hybridized carbons (Fsp3) is 0.500. The third-order valence-corrected chi connectivity index (χ3v) is 0.741. The molecule has 0 bridgehead atoms. The summed E-state index contributed by atoms with van der Waals surface area (Å²) in [5.41, 5.74) is 10.2. The van der Waals surface area contributed by atoms with Gasteiger partial charge < -0.3 is 16.2 Å². The van der Waals surface area contributed by atoms with Crippen LogP contribution in [0.1, 0.15) is 6.92 Å². The summed E-state index contributed by atoms with van der Waals surface area (Å²) < 4.78 is 4.56. The van der Waals surface area contributed by atoms with E-state index in [1.54, 1.807) is 6.92 Å². The van der Waals surface area contributed by atoms with Crippen molar-refractivity contribution in [3.05, 3.63) is 12.2 Å². The first-order valence-corrected chi connectivity index (χ1v) is 3.03. The van der Waals surface area contributed by atoms with E-state index in [1.165, 1.54) is 12.2 Å². The van der Waals surface area contributed by atoms with Gasteiger partial charge in [-0.05, 0) is 13.0 Å². The first-order chi connectivity index (χ1) is 4.66. The molecule has 0 aliphatic heterocycles. The SMILES string of the molecule is CCOC(=O)C=CC(N)N. The molecule has 0 heterocycles. The van der Waals surface area contributed by atoms with Crippen LogP contribution in [0.3, 0.4) is 0 Å². The second-order valence-electron chi connectivity index (χ2n) is 1.69. The average Bonchev–Trinajstić information content (AvgIpc) is 1.85. The van der Waals surface area contributed by atoms with E-state index in [0.29, 0.717) is 6.61 Å². The Labute approximate surface area is 59.8 Å². The van der Waals surface area contributed by atoms with Crippen LogP contribution in [-0.4, -0.2) is 18.7 Å². The van der Waals surface area contributed by atoms with E-state index >= 15 is 0 Å². The van der Waals surface area contributed by atoms with E-state index in [2.05, 4.69) is 4.74 Å². The molecule has 0 aromatic carbocycles. The van der Waals surface area contributed by atoms with Crippen LogP contribution in [0.2, 0.25) is 0 Å². The van der Waals surface area contributed by atoms with E-state index in [0.717, 1.165) is 0 Å². The molecule has 0 amide bonds. The molecule has 0 aromatic heterocycles. The third kappa shape index (κ3) is 5.27. The molecule has 4 nitrogen and oxygen atoms in total. The molecule has 0 atom stereocenters. The predicted octanol–water partition coefficient (Wildman–Crippen LogP) is -0.651. The second kappa shape index (κ2) is 4.96. The minimum atomic E-state index is -0.593. The van der Waals surface area contributed by atoms with Crippen molar-refractivity contribution in [3.63, 3.8) is 0 Å². The molecule has 0 aliphatic carbocycles. The van der Waals surface area contributed by atoms with Crippen molar-refractivity contribution >= 4 is 5.97 Å². The standard InChI is InChI=1S/C6H12N2O2/c1-2-10-6(9)4-3-5(7)8/h3-5H,2,7-8H2,1H3. The molecule has 4 N–H and O–H groups in total. The highest BCUT2D eigenvalue weighted by molar-refractivity contribution is 5.81. The summed E-state index contributed by atoms with van der Waals surface area (Å²) in [5, 5.41) is 0. The van der Waals surface area contributed by atoms with Gasteiger partial charge in [-0.2, -0.15) is 0 Å². The summed E-state index contributed by atoms with van der Waals surface area (Å²) in [6.45, 7) is 2.09. The molecule has 0 spiro atoms. The molecule has 58 valence electrons. The quantitative estimate of drug-likeness (QED) is 0.313. The summed E-state index contributed by atoms with van der Waals surface area (Å²) >= 11 is 0. The zero-order valence-electron chi connectivity index (χ0n) is 5.91. The first-order valence-electron chi connectivity index (χ1n) is 3.03. The first kappa shape index (κ1) is 9.13. The Morgan fingerprint density at radius 3 is 2.70 bits per heavy atom. The third-order valence-electron chi connectivity index (χ3n) is 0.741. The Hall–Kier alpha value is -0.870. The highest BCUT2D eigenvalue weighted by Gasteiger charge is 1.92. The Kier molecular flexibility index (Phi) is 4.53. The molecule has 0 aliphatic rings. The molecule has 0 radical (unpaired) electrons. The summed E-state index contributed by atoms with van der Waals surface area (Å²) in [4.78, 5) is 10.5. The molecular formula is C6H12N2O2. The number of esters is 1. The molecule has 0 saturated heterocycles. The lowest BCUT2D eigenvalue weighted by molar-refractivity contribution is -0.137. The van der Waals surface area contributed by atoms with Crippen molar-refractivity contribution in [2.75, 3.05) is 6.61 Å². The van der Waals surface area contributed by atoms with Gasteiger partial charge in [0.2, 0.25) is 0 Å². The maximum absolute atomic E-state index is 10.5. The van der Waals surface area contributed by atoms with Crippen LogP contribution < -0.4 is 11.5 Å². The number of nitrogens with two attached hydrogens (primary N) is 2. The monoisotopic (exact) mass is 144 g/mol. The van der Waals surface area contributed by atoms with Crippen molar-refractivity contribution < 1.29 is 9.53 Å². The number of ether oxygens (including phenoxy) is 1. The van der Waals surface area contributed by atoms with E-state index in [9.17, 15) is 4.79 Å². The summed E-state index contributed by atoms with van der Waals surface area (Å²) in [5.74, 6) is -0.414. The van der Waals surface area contributed by atoms with Gasteiger partial charge in [0.25, 0.3) is 0 Å². The average molecular weight is 144 g/mol. The molecule has 0 rings (SSSR count). The number of carbonyl (C=O) groups is 1. The normalized spacial score (nSPS) is 10.8. The maximum Gasteiger partial charge on any atom is 0.330 e. The molecule has 4 heteroatoms. The highest BCUT2D eigenvalue weighted by atomic mass is 16.5. The lowest BCUT2D eigenvalue weighted by atomic mass is 10.4. The zero-order valence-corrected chi connectivity index (χ0v) is 5.91. The minimum Gasteiger partial charge on any atom is -0.463 e. The lowest BCUT2D eigenvalue weighted by Gasteiger charge is -1.96. The molecule has 0 unspecified atom stereocenters. The van der Waals surface area contributed by atoms with Crippen LogP contribution in [0.5, 0.6) is 0 Å². The van der Waals surface area contributed by atoms with Gasteiger partial charge in [0.05, 0.1) is 12.8 Å². The summed E-state index contributed by atoms with van der Waals surface area (Å²) in [7, 11) is 0. The van der Waals surface area contributed by atoms with Crippen molar-refractivity contribution in [2.45, 2.75) is 13.1 Å². The van der Waals surface area contributed by atoms with Gasteiger partial charge >= 0.3 is 5.97 Å². The van der Waals surface area contributed by atoms with Crippen molar-refractivity contribution in [3.8, 4) is 0 Å². The largest absolute Gasteiger partial charge is 0.463 e. The minimum absolute atomic E-state index is 0.364. The zero-order chi connectivity index (χ0) is 7.98. The van der Waals surface area contributed by atoms with Crippen molar-refractivity contribution in [1.82, 2.24) is 0 Å². The van der Waals surface area contributed by atoms with Gasteiger partial charge in [-0.3, -0.25) is 0 Å². The lowest BCUT2D eigenvalue weighted by Crippen LogP contribution is -2.27. The van der Waals surface area contributed by atoms with Gasteiger partial charge in [-0.25, -0.2) is 4.79 Å². The molecular weight excluding hydrogens is 132 g/mol. The van der Waals surface area contributed by atoms with Crippen LogP contribution in [0.15, 0.2) is 12.2 Å². The predicted molar refractivity (Wildman–Crippen MR) is 37.9 cm³/mol. The Morgan fingerprint density at radius 1 is 1.70 bits per heavy atom. The number of rotatable bonds is 3. The van der Waals surface area contributed by atoms with Crippen LogP contribution >= 0.6 is 0 Å². The van der Waals surface area contributed by atoms with E-state index in [1.807, 2.05) is 0 Å². The fourth-order valence-corrected chi connectivity index (χ4v) is 0.380. The Bertz CT molecular complexity index is 132. The van der Waals surface area contributed by atoms with Crippen molar-refractivity contribution in [1.29, 1.82) is 0 Å². The second-order valence-corrected chi connectivity index (χ2v) is 1.69. The smallest absolute Gasteiger partial charge is 0.330 e. The van der Waals surface area contributed by atoms with Gasteiger partial charge in [0.15, 0.2) is 0 Å².